The van der Waals surface area contributed by atoms with Crippen molar-refractivity contribution in [3.63, 3.8) is 0 Å². The minimum atomic E-state index is -1.16. The number of hydrogen-bond acceptors (Lipinski definition) is 7. The van der Waals surface area contributed by atoms with E-state index in [2.05, 4.69) is 15.0 Å². The highest BCUT2D eigenvalue weighted by molar-refractivity contribution is 5.91. The number of nitrogens with zero attached hydrogens (tertiary/aromatic N) is 3. The summed E-state index contributed by atoms with van der Waals surface area (Å²) >= 11 is 0. The van der Waals surface area contributed by atoms with Crippen LogP contribution in [0.5, 0.6) is 0 Å². The van der Waals surface area contributed by atoms with E-state index in [1.807, 2.05) is 32.0 Å². The second-order valence-corrected chi connectivity index (χ2v) is 8.13. The molecule has 9 heteroatoms. The molecule has 5 aromatic heterocycles. The topological polar surface area (TPSA) is 140 Å². The molecule has 178 valence electrons. The fraction of sp³-hybridized carbons (Fsp3) is 0.0741. The smallest absolute Gasteiger partial charge is 0.335 e. The van der Waals surface area contributed by atoms with Gasteiger partial charge in [-0.25, -0.2) is 14.6 Å². The summed E-state index contributed by atoms with van der Waals surface area (Å²) in [6, 6.07) is 14.6. The van der Waals surface area contributed by atoms with Crippen LogP contribution >= 0.6 is 0 Å². The Hall–Kier alpha value is -5.05. The molecular formula is C27H19N3O6. The van der Waals surface area contributed by atoms with Gasteiger partial charge in [0, 0.05) is 18.0 Å². The van der Waals surface area contributed by atoms with Gasteiger partial charge in [0.05, 0.1) is 33.9 Å². The van der Waals surface area contributed by atoms with E-state index in [0.717, 1.165) is 11.3 Å². The summed E-state index contributed by atoms with van der Waals surface area (Å²) in [6.45, 7) is 3.78. The average Bonchev–Trinajstić information content (AvgIpc) is 3.49. The largest absolute Gasteiger partial charge is 0.478 e. The third kappa shape index (κ3) is 4.37. The Morgan fingerprint density at radius 3 is 1.97 bits per heavy atom. The molecule has 2 N–H and O–H groups in total. The number of aromatic nitrogens is 3. The maximum absolute atomic E-state index is 11.8. The Labute approximate surface area is 204 Å². The molecule has 0 bridgehead atoms. The van der Waals surface area contributed by atoms with Crippen molar-refractivity contribution >= 4 is 11.9 Å². The normalized spacial score (nSPS) is 10.9. The number of furan rings is 2. The van der Waals surface area contributed by atoms with E-state index < -0.39 is 11.9 Å². The number of rotatable bonds is 6. The molecule has 0 aromatic carbocycles. The van der Waals surface area contributed by atoms with Crippen LogP contribution in [0.1, 0.15) is 32.0 Å². The third-order valence-corrected chi connectivity index (χ3v) is 5.53. The highest BCUT2D eigenvalue weighted by Crippen LogP contribution is 2.34. The third-order valence-electron chi connectivity index (χ3n) is 5.53. The maximum atomic E-state index is 11.8. The van der Waals surface area contributed by atoms with Crippen LogP contribution in [0.3, 0.4) is 0 Å². The van der Waals surface area contributed by atoms with Gasteiger partial charge in [-0.3, -0.25) is 9.97 Å². The van der Waals surface area contributed by atoms with E-state index in [1.165, 1.54) is 30.5 Å². The van der Waals surface area contributed by atoms with Crippen molar-refractivity contribution < 1.29 is 28.6 Å². The predicted octanol–water partition coefficient (Wildman–Crippen LogP) is 5.74. The lowest BCUT2D eigenvalue weighted by molar-refractivity contribution is 0.0686. The number of hydrogen-bond donors (Lipinski definition) is 2. The van der Waals surface area contributed by atoms with Gasteiger partial charge in [-0.15, -0.1) is 0 Å². The Balaban J connectivity index is 1.58. The second kappa shape index (κ2) is 8.95. The van der Waals surface area contributed by atoms with Gasteiger partial charge in [0.1, 0.15) is 11.5 Å². The van der Waals surface area contributed by atoms with Gasteiger partial charge < -0.3 is 19.0 Å². The summed E-state index contributed by atoms with van der Waals surface area (Å²) in [4.78, 5) is 36.3. The summed E-state index contributed by atoms with van der Waals surface area (Å²) in [7, 11) is 0. The van der Waals surface area contributed by atoms with E-state index >= 15 is 0 Å². The Bertz CT molecular complexity index is 1630. The predicted molar refractivity (Wildman–Crippen MR) is 129 cm³/mol. The zero-order valence-electron chi connectivity index (χ0n) is 19.2. The Morgan fingerprint density at radius 2 is 1.33 bits per heavy atom. The quantitative estimate of drug-likeness (QED) is 0.311. The van der Waals surface area contributed by atoms with Crippen molar-refractivity contribution in [3.8, 4) is 45.6 Å². The van der Waals surface area contributed by atoms with Crippen molar-refractivity contribution in [2.24, 2.45) is 0 Å². The molecule has 36 heavy (non-hydrogen) atoms. The SMILES string of the molecule is Cc1ccc(-c2oc(-c3ccnc(-c4cc(C(=O)O)cc(-c5cc(C(=O)O)ccn5)n4)c3)cc2C)o1. The molecule has 5 rings (SSSR count). The Kier molecular flexibility index (Phi) is 5.65. The summed E-state index contributed by atoms with van der Waals surface area (Å²) < 4.78 is 11.8. The summed E-state index contributed by atoms with van der Waals surface area (Å²) in [5.41, 5.74) is 2.74. The van der Waals surface area contributed by atoms with Crippen LogP contribution in [0.2, 0.25) is 0 Å². The number of carbonyl (C=O) groups is 2. The van der Waals surface area contributed by atoms with Crippen molar-refractivity contribution in [1.82, 2.24) is 15.0 Å². The summed E-state index contributed by atoms with van der Waals surface area (Å²) in [5.74, 6) is 0.324. The van der Waals surface area contributed by atoms with E-state index in [4.69, 9.17) is 8.83 Å². The first kappa shape index (κ1) is 22.7. The molecule has 0 fully saturated rings. The first-order valence-electron chi connectivity index (χ1n) is 10.9. The van der Waals surface area contributed by atoms with Gasteiger partial charge in [0.15, 0.2) is 11.5 Å². The van der Waals surface area contributed by atoms with Crippen LogP contribution < -0.4 is 0 Å². The highest BCUT2D eigenvalue weighted by Gasteiger charge is 2.17. The molecule has 5 aromatic rings. The minimum Gasteiger partial charge on any atom is -0.478 e. The second-order valence-electron chi connectivity index (χ2n) is 8.13. The van der Waals surface area contributed by atoms with E-state index in [0.29, 0.717) is 34.2 Å². The van der Waals surface area contributed by atoms with Crippen LogP contribution in [0.25, 0.3) is 45.6 Å². The van der Waals surface area contributed by atoms with Gasteiger partial charge in [-0.1, -0.05) is 0 Å². The van der Waals surface area contributed by atoms with Crippen LogP contribution in [0, 0.1) is 13.8 Å². The molecule has 0 amide bonds. The first-order chi connectivity index (χ1) is 17.3. The van der Waals surface area contributed by atoms with Crippen molar-refractivity contribution in [3.05, 3.63) is 89.4 Å². The van der Waals surface area contributed by atoms with Gasteiger partial charge in [-0.05, 0) is 74.0 Å². The lowest BCUT2D eigenvalue weighted by Gasteiger charge is -2.08. The zero-order valence-corrected chi connectivity index (χ0v) is 19.2. The molecular weight excluding hydrogens is 462 g/mol. The minimum absolute atomic E-state index is 0.0138. The highest BCUT2D eigenvalue weighted by atomic mass is 16.4. The van der Waals surface area contributed by atoms with Crippen molar-refractivity contribution in [2.45, 2.75) is 13.8 Å². The molecule has 0 atom stereocenters. The fourth-order valence-electron chi connectivity index (χ4n) is 3.77. The fourth-order valence-corrected chi connectivity index (χ4v) is 3.77. The molecule has 0 unspecified atom stereocenters. The van der Waals surface area contributed by atoms with E-state index in [9.17, 15) is 19.8 Å². The van der Waals surface area contributed by atoms with Crippen molar-refractivity contribution in [1.29, 1.82) is 0 Å². The number of aromatic carboxylic acids is 2. The van der Waals surface area contributed by atoms with Crippen molar-refractivity contribution in [2.75, 3.05) is 0 Å². The molecule has 0 aliphatic heterocycles. The van der Waals surface area contributed by atoms with E-state index in [1.54, 1.807) is 18.3 Å². The first-order valence-corrected chi connectivity index (χ1v) is 10.9. The molecule has 0 saturated carbocycles. The van der Waals surface area contributed by atoms with Gasteiger partial charge in [0.25, 0.3) is 0 Å². The van der Waals surface area contributed by atoms with Crippen LogP contribution in [-0.4, -0.2) is 37.1 Å². The summed E-state index contributed by atoms with van der Waals surface area (Å²) in [5, 5.41) is 19.0. The molecule has 0 radical (unpaired) electrons. The van der Waals surface area contributed by atoms with Gasteiger partial charge >= 0.3 is 11.9 Å². The molecule has 0 aliphatic carbocycles. The number of carboxylic acid groups (broad SMARTS) is 2. The van der Waals surface area contributed by atoms with Crippen LogP contribution in [0.15, 0.2) is 75.8 Å². The van der Waals surface area contributed by atoms with Crippen LogP contribution in [-0.2, 0) is 0 Å². The average molecular weight is 481 g/mol. The van der Waals surface area contributed by atoms with Gasteiger partial charge in [-0.2, -0.15) is 0 Å². The molecule has 0 spiro atoms. The molecule has 9 nitrogen and oxygen atoms in total. The maximum Gasteiger partial charge on any atom is 0.335 e. The molecule has 0 saturated heterocycles. The van der Waals surface area contributed by atoms with E-state index in [-0.39, 0.29) is 22.5 Å². The standard InChI is InChI=1S/C27H19N3O6/c1-14-9-24(36-25(14)23-4-3-15(2)35-23)16-5-7-28-19(10-16)21-12-18(27(33)34)13-22(30-21)20-11-17(26(31)32)6-8-29-20/h3-13H,1-2H3,(H,31,32)(H,33,34). The lowest BCUT2D eigenvalue weighted by atomic mass is 10.1. The van der Waals surface area contributed by atoms with Crippen LogP contribution in [0.4, 0.5) is 0 Å². The number of aryl methyl sites for hydroxylation is 2. The lowest BCUT2D eigenvalue weighted by Crippen LogP contribution is -2.02. The molecule has 5 heterocycles. The summed E-state index contributed by atoms with van der Waals surface area (Å²) in [6.07, 6.45) is 2.92. The Morgan fingerprint density at radius 1 is 0.694 bits per heavy atom. The number of carboxylic acids is 2. The molecule has 0 aliphatic rings. The monoisotopic (exact) mass is 481 g/mol. The zero-order chi connectivity index (χ0) is 25.4. The van der Waals surface area contributed by atoms with Gasteiger partial charge in [0.2, 0.25) is 0 Å². The number of pyridine rings is 3.